The topological polar surface area (TPSA) is 117 Å². The monoisotopic (exact) mass is 683 g/mol. The van der Waals surface area contributed by atoms with Gasteiger partial charge in [0, 0.05) is 33.7 Å². The van der Waals surface area contributed by atoms with Gasteiger partial charge in [-0.3, -0.25) is 8.78 Å². The Morgan fingerprint density at radius 3 is 2.57 bits per heavy atom. The van der Waals surface area contributed by atoms with Crippen LogP contribution in [0.4, 0.5) is 0 Å². The van der Waals surface area contributed by atoms with Gasteiger partial charge in [0.2, 0.25) is 0 Å². The maximum Gasteiger partial charge on any atom is 0.310 e. The van der Waals surface area contributed by atoms with Gasteiger partial charge >= 0.3 is 14.8 Å². The molecule has 244 valence electrons. The first kappa shape index (κ1) is 33.1. The fourth-order valence-electron chi connectivity index (χ4n) is 5.65. The highest BCUT2D eigenvalue weighted by Gasteiger charge is 2.47. The molecule has 0 radical (unpaired) electrons. The predicted molar refractivity (Wildman–Crippen MR) is 182 cm³/mol. The summed E-state index contributed by atoms with van der Waals surface area (Å²) in [5, 5.41) is 10.6. The summed E-state index contributed by atoms with van der Waals surface area (Å²) in [7, 11) is -2.59. The maximum absolute atomic E-state index is 12.0. The second-order valence-electron chi connectivity index (χ2n) is 12.5. The Labute approximate surface area is 276 Å². The van der Waals surface area contributed by atoms with E-state index >= 15 is 0 Å². The molecule has 1 unspecified atom stereocenters. The third-order valence-electron chi connectivity index (χ3n) is 8.14. The van der Waals surface area contributed by atoms with Crippen molar-refractivity contribution in [3.05, 3.63) is 65.2 Å². The first-order valence-corrected chi connectivity index (χ1v) is 20.8. The number of nitrogens with zero attached hydrogens (tertiary/aromatic N) is 4. The summed E-state index contributed by atoms with van der Waals surface area (Å²) in [4.78, 5) is 9.72. The Morgan fingerprint density at radius 2 is 1.80 bits per heavy atom. The summed E-state index contributed by atoms with van der Waals surface area (Å²) in [5.74, 6) is -0.0259. The molecule has 4 aromatic rings. The van der Waals surface area contributed by atoms with Gasteiger partial charge in [-0.2, -0.15) is 4.98 Å². The molecule has 13 heteroatoms. The van der Waals surface area contributed by atoms with E-state index in [0.29, 0.717) is 54.3 Å². The van der Waals surface area contributed by atoms with E-state index in [1.165, 1.54) is 0 Å². The fourth-order valence-corrected chi connectivity index (χ4v) is 6.92. The van der Waals surface area contributed by atoms with Crippen molar-refractivity contribution in [1.29, 1.82) is 0 Å². The number of benzene rings is 2. The first-order valence-electron chi connectivity index (χ1n) is 15.4. The van der Waals surface area contributed by atoms with Gasteiger partial charge in [0.15, 0.2) is 5.65 Å². The van der Waals surface area contributed by atoms with Gasteiger partial charge < -0.3 is 24.1 Å². The normalized spacial score (nSPS) is 21.1. The number of ether oxygens (including phenoxy) is 4. The Kier molecular flexibility index (Phi) is 10.1. The number of halogens is 1. The van der Waals surface area contributed by atoms with E-state index in [4.69, 9.17) is 40.5 Å². The fraction of sp³-hybridized carbons (Fsp3) is 0.455. The third-order valence-corrected chi connectivity index (χ3v) is 10.4. The lowest BCUT2D eigenvalue weighted by Crippen LogP contribution is -2.31. The van der Waals surface area contributed by atoms with Gasteiger partial charge in [-0.25, -0.2) is 9.35 Å². The van der Waals surface area contributed by atoms with Crippen LogP contribution in [0.5, 0.6) is 6.01 Å². The predicted octanol–water partition coefficient (Wildman–Crippen LogP) is 5.53. The van der Waals surface area contributed by atoms with Crippen molar-refractivity contribution in [1.82, 2.24) is 14.5 Å². The van der Waals surface area contributed by atoms with Crippen LogP contribution in [0, 0.1) is 5.92 Å². The molecular formula is C33H40ClN4O6SSi+. The van der Waals surface area contributed by atoms with E-state index in [1.807, 2.05) is 53.1 Å². The van der Waals surface area contributed by atoms with Gasteiger partial charge in [-0.1, -0.05) is 54.1 Å². The average molecular weight is 684 g/mol. The van der Waals surface area contributed by atoms with E-state index in [-0.39, 0.29) is 31.5 Å². The summed E-state index contributed by atoms with van der Waals surface area (Å²) in [6.45, 7) is 6.85. The molecule has 0 amide bonds. The van der Waals surface area contributed by atoms with Crippen molar-refractivity contribution in [2.24, 2.45) is 10.3 Å². The minimum atomic E-state index is -2.16. The summed E-state index contributed by atoms with van der Waals surface area (Å²) in [6.07, 6.45) is 2.16. The van der Waals surface area contributed by atoms with Crippen LogP contribution in [0.3, 0.4) is 0 Å². The van der Waals surface area contributed by atoms with Crippen molar-refractivity contribution >= 4 is 41.3 Å². The highest BCUT2D eigenvalue weighted by molar-refractivity contribution is 7.92. The molecule has 6 rings (SSSR count). The second-order valence-corrected chi connectivity index (χ2v) is 18.4. The molecule has 4 atom stereocenters. The molecule has 2 aliphatic rings. The highest BCUT2D eigenvalue weighted by atomic mass is 35.5. The number of hydrogen-bond donors (Lipinski definition) is 1. The number of imidazole rings is 1. The molecule has 46 heavy (non-hydrogen) atoms. The lowest BCUT2D eigenvalue weighted by Gasteiger charge is -2.16. The van der Waals surface area contributed by atoms with Crippen LogP contribution in [0.25, 0.3) is 33.5 Å². The van der Waals surface area contributed by atoms with E-state index in [9.17, 15) is 9.32 Å². The van der Waals surface area contributed by atoms with E-state index in [2.05, 4.69) is 23.5 Å². The van der Waals surface area contributed by atoms with E-state index < -0.39 is 24.6 Å². The molecule has 2 aliphatic heterocycles. The zero-order chi connectivity index (χ0) is 32.4. The summed E-state index contributed by atoms with van der Waals surface area (Å²) in [6, 6.07) is 19.4. The van der Waals surface area contributed by atoms with E-state index in [1.54, 1.807) is 12.5 Å². The Hall–Kier alpha value is -2.84. The quantitative estimate of drug-likeness (QED) is 0.153. The average Bonchev–Trinajstić information content (AvgIpc) is 3.71. The number of aromatic nitrogens is 3. The number of fused-ring (bicyclic) bond motifs is 2. The smallest absolute Gasteiger partial charge is 0.310 e. The summed E-state index contributed by atoms with van der Waals surface area (Å²) in [5.41, 5.74) is 5.81. The molecule has 0 spiro atoms. The minimum Gasteiger partial charge on any atom is -0.464 e. The van der Waals surface area contributed by atoms with Crippen LogP contribution in [0.1, 0.15) is 5.56 Å². The van der Waals surface area contributed by atoms with Crippen molar-refractivity contribution < 1.29 is 28.3 Å². The molecule has 10 nitrogen and oxygen atoms in total. The molecule has 0 aliphatic carbocycles. The van der Waals surface area contributed by atoms with Crippen LogP contribution in [-0.4, -0.2) is 89.9 Å². The zero-order valence-corrected chi connectivity index (χ0v) is 29.1. The number of rotatable bonds is 12. The number of pyridine rings is 1. The zero-order valence-electron chi connectivity index (χ0n) is 26.5. The summed E-state index contributed by atoms with van der Waals surface area (Å²) < 4.78 is 42.0. The Balaban J connectivity index is 1.26. The SMILES string of the molecule is C[Si+](C)CCOCn1c(OCC2CO[C@@H]3[C@H](O)CO[C@H]23)nc2cc(Cl)c(-c3ccc(-c4cccc(CN=S(C)(C)=O)c4)cc3)nc21. The molecule has 2 aromatic heterocycles. The van der Waals surface area contributed by atoms with Crippen molar-refractivity contribution in [3.8, 4) is 28.4 Å². The Bertz CT molecular complexity index is 1800. The van der Waals surface area contributed by atoms with Gasteiger partial charge in [-0.15, -0.1) is 0 Å². The Morgan fingerprint density at radius 1 is 1.04 bits per heavy atom. The second kappa shape index (κ2) is 14.1. The minimum absolute atomic E-state index is 0.0259. The largest absolute Gasteiger partial charge is 0.464 e. The van der Waals surface area contributed by atoms with Gasteiger partial charge in [0.1, 0.15) is 24.5 Å². The molecule has 2 fully saturated rings. The first-order chi connectivity index (χ1) is 22.1. The molecule has 1 N–H and O–H groups in total. The van der Waals surface area contributed by atoms with Gasteiger partial charge in [0.05, 0.1) is 68.9 Å². The van der Waals surface area contributed by atoms with Crippen molar-refractivity contribution in [2.45, 2.75) is 50.7 Å². The van der Waals surface area contributed by atoms with Crippen molar-refractivity contribution in [2.75, 3.05) is 38.9 Å². The molecule has 2 saturated heterocycles. The number of aliphatic hydroxyl groups is 1. The maximum atomic E-state index is 12.0. The molecular weight excluding hydrogens is 644 g/mol. The van der Waals surface area contributed by atoms with Crippen LogP contribution in [0.15, 0.2) is 59.0 Å². The lowest BCUT2D eigenvalue weighted by atomic mass is 10.0. The van der Waals surface area contributed by atoms with Crippen LogP contribution in [-0.2, 0) is 37.2 Å². The standard InChI is InChI=1S/C33H40ClN4O6SSi/c1-45(2,40)35-16-21-6-5-7-24(14-21)22-8-10-23(11-9-22)29-26(34)15-27-32(37-29)38(20-41-12-13-46(3)4)33(36-27)44-18-25-17-42-31-28(39)19-43-30(25)31/h5-11,14-15,25,28,30-31,39H,12-13,16-20H2,1-4H3/q+1/t25?,28-,30-,31-/m1/s1. The molecule has 4 heterocycles. The lowest BCUT2D eigenvalue weighted by molar-refractivity contribution is 0.0146. The number of aliphatic hydroxyl groups excluding tert-OH is 1. The molecule has 0 bridgehead atoms. The molecule has 0 saturated carbocycles. The van der Waals surface area contributed by atoms with Gasteiger partial charge in [0.25, 0.3) is 0 Å². The van der Waals surface area contributed by atoms with Gasteiger partial charge in [-0.05, 0) is 28.8 Å². The molecule has 2 aromatic carbocycles. The van der Waals surface area contributed by atoms with Crippen LogP contribution in [0.2, 0.25) is 24.2 Å². The highest BCUT2D eigenvalue weighted by Crippen LogP contribution is 2.34. The van der Waals surface area contributed by atoms with Crippen LogP contribution < -0.4 is 4.74 Å². The van der Waals surface area contributed by atoms with Crippen LogP contribution >= 0.6 is 11.6 Å². The number of hydrogen-bond acceptors (Lipinski definition) is 9. The van der Waals surface area contributed by atoms with E-state index in [0.717, 1.165) is 28.3 Å². The van der Waals surface area contributed by atoms with Crippen molar-refractivity contribution in [3.63, 3.8) is 0 Å². The third kappa shape index (κ3) is 7.65. The summed E-state index contributed by atoms with van der Waals surface area (Å²) >= 11 is 6.79.